The summed E-state index contributed by atoms with van der Waals surface area (Å²) in [5.41, 5.74) is 0.461. The minimum atomic E-state index is -0.497. The van der Waals surface area contributed by atoms with Crippen LogP contribution in [0.4, 0.5) is 0 Å². The maximum absolute atomic E-state index is 13.0. The Balaban J connectivity index is 1.79. The van der Waals surface area contributed by atoms with Crippen LogP contribution in [0.25, 0.3) is 15.9 Å². The van der Waals surface area contributed by atoms with Gasteiger partial charge in [0.2, 0.25) is 0 Å². The number of nitrogens with zero attached hydrogens (tertiary/aromatic N) is 4. The summed E-state index contributed by atoms with van der Waals surface area (Å²) in [6.07, 6.45) is 2.55. The summed E-state index contributed by atoms with van der Waals surface area (Å²) in [6, 6.07) is 8.88. The van der Waals surface area contributed by atoms with E-state index < -0.39 is 17.2 Å². The van der Waals surface area contributed by atoms with Gasteiger partial charge in [0.05, 0.1) is 23.9 Å². The van der Waals surface area contributed by atoms with Gasteiger partial charge >= 0.3 is 11.7 Å². The number of carbonyl (C=O) groups is 1. The number of fused-ring (bicyclic) bond motifs is 1. The van der Waals surface area contributed by atoms with Crippen molar-refractivity contribution in [3.8, 4) is 5.69 Å². The second kappa shape index (κ2) is 8.32. The normalized spacial score (nSPS) is 11.5. The monoisotopic (exact) mass is 457 g/mol. The fourth-order valence-electron chi connectivity index (χ4n) is 3.07. The first kappa shape index (κ1) is 20.8. The van der Waals surface area contributed by atoms with Crippen LogP contribution < -0.4 is 11.2 Å². The zero-order chi connectivity index (χ0) is 22.1. The third-order valence-corrected chi connectivity index (χ3v) is 5.97. The average Bonchev–Trinajstić information content (AvgIpc) is 3.24. The van der Waals surface area contributed by atoms with E-state index in [-0.39, 0.29) is 22.8 Å². The van der Waals surface area contributed by atoms with E-state index in [0.717, 1.165) is 16.0 Å². The predicted octanol–water partition coefficient (Wildman–Crippen LogP) is 2.96. The summed E-state index contributed by atoms with van der Waals surface area (Å²) in [6.45, 7) is 3.61. The van der Waals surface area contributed by atoms with Crippen LogP contribution in [0.15, 0.2) is 51.3 Å². The van der Waals surface area contributed by atoms with Crippen molar-refractivity contribution in [1.29, 1.82) is 0 Å². The van der Waals surface area contributed by atoms with Gasteiger partial charge in [-0.05, 0) is 31.5 Å². The Hall–Kier alpha value is -3.50. The maximum Gasteiger partial charge on any atom is 0.348 e. The number of rotatable bonds is 5. The second-order valence-electron chi connectivity index (χ2n) is 6.40. The minimum Gasteiger partial charge on any atom is -0.462 e. The largest absolute Gasteiger partial charge is 0.462 e. The zero-order valence-corrected chi connectivity index (χ0v) is 18.0. The lowest BCUT2D eigenvalue weighted by atomic mass is 10.2. The van der Waals surface area contributed by atoms with Gasteiger partial charge in [-0.2, -0.15) is 9.78 Å². The SMILES string of the molecule is CCOC(=O)c1sc2ncn(N=Cc3c(Cl)[nH]c(=O)n3-c3ccccc3)c(=O)c2c1C. The Bertz CT molecular complexity index is 1430. The molecular formula is C20H16ClN5O4S. The molecule has 0 saturated heterocycles. The number of imidazole rings is 1. The van der Waals surface area contributed by atoms with Gasteiger partial charge < -0.3 is 4.74 Å². The van der Waals surface area contributed by atoms with Gasteiger partial charge in [-0.25, -0.2) is 14.6 Å². The summed E-state index contributed by atoms with van der Waals surface area (Å²) in [7, 11) is 0. The summed E-state index contributed by atoms with van der Waals surface area (Å²) in [4.78, 5) is 44.9. The van der Waals surface area contributed by atoms with E-state index in [2.05, 4.69) is 15.1 Å². The quantitative estimate of drug-likeness (QED) is 0.366. The fourth-order valence-corrected chi connectivity index (χ4v) is 4.32. The van der Waals surface area contributed by atoms with E-state index in [4.69, 9.17) is 16.3 Å². The van der Waals surface area contributed by atoms with E-state index in [0.29, 0.717) is 21.0 Å². The lowest BCUT2D eigenvalue weighted by Gasteiger charge is -2.04. The first-order chi connectivity index (χ1) is 14.9. The Morgan fingerprint density at radius 1 is 1.32 bits per heavy atom. The number of aryl methyl sites for hydroxylation is 1. The standard InChI is InChI=1S/C20H16ClN5O4S/c1-3-30-19(28)15-11(2)14-17(31-15)22-10-25(18(14)27)23-9-13-16(21)24-20(29)26(13)12-7-5-4-6-8-12/h4-10H,3H2,1-2H3,(H,24,29). The molecule has 3 aromatic heterocycles. The molecule has 3 heterocycles. The third kappa shape index (κ3) is 3.71. The molecule has 31 heavy (non-hydrogen) atoms. The highest BCUT2D eigenvalue weighted by molar-refractivity contribution is 7.20. The molecule has 1 N–H and O–H groups in total. The number of esters is 1. The highest BCUT2D eigenvalue weighted by Gasteiger charge is 2.20. The van der Waals surface area contributed by atoms with Gasteiger partial charge in [-0.15, -0.1) is 11.3 Å². The van der Waals surface area contributed by atoms with Gasteiger partial charge in [0, 0.05) is 0 Å². The summed E-state index contributed by atoms with van der Waals surface area (Å²) < 4.78 is 7.41. The first-order valence-electron chi connectivity index (χ1n) is 9.20. The average molecular weight is 458 g/mol. The summed E-state index contributed by atoms with van der Waals surface area (Å²) >= 11 is 7.27. The number of benzene rings is 1. The van der Waals surface area contributed by atoms with Crippen molar-refractivity contribution in [2.45, 2.75) is 13.8 Å². The van der Waals surface area contributed by atoms with Gasteiger partial charge in [-0.3, -0.25) is 14.3 Å². The zero-order valence-electron chi connectivity index (χ0n) is 16.5. The number of aromatic nitrogens is 4. The molecule has 0 aliphatic heterocycles. The maximum atomic E-state index is 13.0. The third-order valence-electron chi connectivity index (χ3n) is 4.50. The van der Waals surface area contributed by atoms with E-state index in [1.165, 1.54) is 17.1 Å². The number of para-hydroxylation sites is 1. The van der Waals surface area contributed by atoms with Crippen molar-refractivity contribution >= 4 is 45.3 Å². The molecule has 0 radical (unpaired) electrons. The molecular weight excluding hydrogens is 442 g/mol. The topological polar surface area (TPSA) is 111 Å². The minimum absolute atomic E-state index is 0.0796. The molecule has 9 nitrogen and oxygen atoms in total. The molecule has 11 heteroatoms. The number of hydrogen-bond donors (Lipinski definition) is 1. The molecule has 0 atom stereocenters. The molecule has 0 fully saturated rings. The molecule has 4 aromatic rings. The van der Waals surface area contributed by atoms with E-state index in [1.54, 1.807) is 38.1 Å². The van der Waals surface area contributed by atoms with Crippen molar-refractivity contribution in [3.05, 3.63) is 78.8 Å². The number of hydrogen-bond acceptors (Lipinski definition) is 7. The smallest absolute Gasteiger partial charge is 0.348 e. The number of H-pyrrole nitrogens is 1. The lowest BCUT2D eigenvalue weighted by Crippen LogP contribution is -2.19. The second-order valence-corrected chi connectivity index (χ2v) is 7.77. The van der Waals surface area contributed by atoms with Crippen LogP contribution in [-0.4, -0.2) is 38.0 Å². The molecule has 0 saturated carbocycles. The van der Waals surface area contributed by atoms with Crippen LogP contribution in [0.2, 0.25) is 5.15 Å². The van der Waals surface area contributed by atoms with Crippen molar-refractivity contribution in [2.75, 3.05) is 6.61 Å². The van der Waals surface area contributed by atoms with Crippen LogP contribution in [0.1, 0.15) is 27.9 Å². The molecule has 0 spiro atoms. The molecule has 158 valence electrons. The Kier molecular flexibility index (Phi) is 5.57. The number of aromatic amines is 1. The van der Waals surface area contributed by atoms with Crippen LogP contribution in [-0.2, 0) is 4.74 Å². The molecule has 4 rings (SSSR count). The van der Waals surface area contributed by atoms with Crippen LogP contribution >= 0.6 is 22.9 Å². The predicted molar refractivity (Wildman–Crippen MR) is 119 cm³/mol. The highest BCUT2D eigenvalue weighted by Crippen LogP contribution is 2.27. The molecule has 0 aliphatic carbocycles. The van der Waals surface area contributed by atoms with E-state index in [9.17, 15) is 14.4 Å². The molecule has 1 aromatic carbocycles. The molecule has 0 unspecified atom stereocenters. The van der Waals surface area contributed by atoms with E-state index in [1.807, 2.05) is 6.07 Å². The van der Waals surface area contributed by atoms with Gasteiger partial charge in [0.1, 0.15) is 26.9 Å². The number of carbonyl (C=O) groups excluding carboxylic acids is 1. The van der Waals surface area contributed by atoms with Gasteiger partial charge in [0.15, 0.2) is 0 Å². The fraction of sp³-hybridized carbons (Fsp3) is 0.150. The number of halogens is 1. The Labute approximate surface area is 184 Å². The van der Waals surface area contributed by atoms with Crippen LogP contribution in [0.3, 0.4) is 0 Å². The number of ether oxygens (including phenoxy) is 1. The Morgan fingerprint density at radius 2 is 2.06 bits per heavy atom. The van der Waals surface area contributed by atoms with Crippen LogP contribution in [0, 0.1) is 6.92 Å². The molecule has 0 bridgehead atoms. The van der Waals surface area contributed by atoms with Crippen molar-refractivity contribution in [2.24, 2.45) is 5.10 Å². The van der Waals surface area contributed by atoms with Crippen molar-refractivity contribution in [1.82, 2.24) is 19.2 Å². The Morgan fingerprint density at radius 3 is 2.77 bits per heavy atom. The summed E-state index contributed by atoms with van der Waals surface area (Å²) in [5, 5.41) is 4.52. The van der Waals surface area contributed by atoms with Gasteiger partial charge in [0.25, 0.3) is 5.56 Å². The first-order valence-corrected chi connectivity index (χ1v) is 10.4. The van der Waals surface area contributed by atoms with E-state index >= 15 is 0 Å². The van der Waals surface area contributed by atoms with Crippen molar-refractivity contribution < 1.29 is 9.53 Å². The van der Waals surface area contributed by atoms with Crippen LogP contribution in [0.5, 0.6) is 0 Å². The lowest BCUT2D eigenvalue weighted by molar-refractivity contribution is 0.0531. The molecule has 0 amide bonds. The molecule has 0 aliphatic rings. The van der Waals surface area contributed by atoms with Crippen molar-refractivity contribution in [3.63, 3.8) is 0 Å². The highest BCUT2D eigenvalue weighted by atomic mass is 35.5. The van der Waals surface area contributed by atoms with Gasteiger partial charge in [-0.1, -0.05) is 29.8 Å². The summed E-state index contributed by atoms with van der Waals surface area (Å²) in [5.74, 6) is -0.497. The number of nitrogens with one attached hydrogen (secondary N) is 1. The number of thiophene rings is 1.